The number of carbonyl (C=O) groups is 1. The Bertz CT molecular complexity index is 143. The average Bonchev–Trinajstić information content (AvgIpc) is 1.69. The molecule has 4 heteroatoms. The predicted octanol–water partition coefficient (Wildman–Crippen LogP) is -0.826. The van der Waals surface area contributed by atoms with Gasteiger partial charge in [-0.15, -0.1) is 0 Å². The van der Waals surface area contributed by atoms with Crippen LogP contribution in [0.5, 0.6) is 0 Å². The summed E-state index contributed by atoms with van der Waals surface area (Å²) < 4.78 is 0. The summed E-state index contributed by atoms with van der Waals surface area (Å²) in [6.45, 7) is 1.29. The molecule has 0 aliphatic rings. The summed E-state index contributed by atoms with van der Waals surface area (Å²) in [7, 11) is 0. The van der Waals surface area contributed by atoms with Gasteiger partial charge in [-0.25, -0.2) is 0 Å². The second kappa shape index (κ2) is 6.88. The maximum Gasteiger partial charge on any atom is 0.117 e. The Labute approximate surface area is 54.5 Å². The van der Waals surface area contributed by atoms with Gasteiger partial charge in [0, 0.05) is 0 Å². The molecular formula is C6H10LrNO2-. The second-order valence-corrected chi connectivity index (χ2v) is 1.24. The Morgan fingerprint density at radius 3 is 2.10 bits per heavy atom. The van der Waals surface area contributed by atoms with Crippen molar-refractivity contribution in [1.29, 1.82) is 0 Å². The molecule has 0 aromatic heterocycles. The molecule has 1 radical (unpaired) electrons. The largest absolute Gasteiger partial charge is 0.572 e. The van der Waals surface area contributed by atoms with Gasteiger partial charge in [-0.05, 0) is 18.8 Å². The van der Waals surface area contributed by atoms with E-state index in [9.17, 15) is 4.79 Å². The van der Waals surface area contributed by atoms with Gasteiger partial charge in [0.05, 0.1) is 5.78 Å². The van der Waals surface area contributed by atoms with Crippen molar-refractivity contribution in [3.63, 3.8) is 0 Å². The van der Waals surface area contributed by atoms with E-state index in [2.05, 4.69) is 0 Å². The van der Waals surface area contributed by atoms with Crippen molar-refractivity contribution in [2.45, 2.75) is 6.92 Å². The summed E-state index contributed by atoms with van der Waals surface area (Å²) in [5.41, 5.74) is 0.00463. The van der Waals surface area contributed by atoms with E-state index in [-0.39, 0.29) is 18.8 Å². The maximum absolute atomic E-state index is 10.2. The van der Waals surface area contributed by atoms with E-state index in [1.165, 1.54) is 6.92 Å². The first kappa shape index (κ1) is 15.7. The zero-order chi connectivity index (χ0) is 6.57. The van der Waals surface area contributed by atoms with Gasteiger partial charge in [0.2, 0.25) is 0 Å². The fraction of sp³-hybridized carbons (Fsp3) is 0.167. The molecule has 0 unspecified atom stereocenters. The summed E-state index contributed by atoms with van der Waals surface area (Å²) in [6.07, 6.45) is 2.64. The first-order valence-corrected chi connectivity index (χ1v) is 2.04. The number of rotatable bonds is 2. The van der Waals surface area contributed by atoms with Crippen LogP contribution in [0.1, 0.15) is 6.92 Å². The van der Waals surface area contributed by atoms with Crippen LogP contribution in [0.4, 0.5) is 0 Å². The normalized spacial score (nSPS) is 8.70. The van der Waals surface area contributed by atoms with Gasteiger partial charge in [-0.1, -0.05) is 0 Å². The number of Topliss-reactive ketones (excluding diaryl/α,β-unsaturated/α-hetero) is 1. The van der Waals surface area contributed by atoms with Crippen LogP contribution in [-0.4, -0.2) is 17.1 Å². The molecule has 0 saturated heterocycles. The van der Waals surface area contributed by atoms with Crippen molar-refractivity contribution in [3.8, 4) is 0 Å². The number of hydrogen-bond acceptors (Lipinski definition) is 2. The van der Waals surface area contributed by atoms with Gasteiger partial charge >= 0.3 is 0 Å². The number of carbonyl (C=O) groups excluding carboxylic acids is 1. The fourth-order valence-electron chi connectivity index (χ4n) is 0.230. The van der Waals surface area contributed by atoms with E-state index in [0.29, 0.717) is 6.26 Å². The van der Waals surface area contributed by atoms with Gasteiger partial charge in [-0.3, -0.25) is 0 Å². The molecule has 3 N–H and O–H groups in total. The Morgan fingerprint density at radius 1 is 1.70 bits per heavy atom. The Hall–Kier alpha value is -2.12. The van der Waals surface area contributed by atoms with E-state index < -0.39 is 0 Å². The van der Waals surface area contributed by atoms with Crippen LogP contribution in [0.25, 0.3) is 0 Å². The van der Waals surface area contributed by atoms with E-state index in [1.54, 1.807) is 0 Å². The SMILES string of the molecule is CC(=O)/C([C-]=[NH2+])=C/O.[CH3-].[Lr]. The third-order valence-corrected chi connectivity index (χ3v) is 0.664. The number of nitrogens with two attached hydrogens (primary N) is 1. The van der Waals surface area contributed by atoms with Crippen LogP contribution in [0.15, 0.2) is 11.8 Å². The van der Waals surface area contributed by atoms with Crippen molar-refractivity contribution < 1.29 is 15.3 Å². The fourth-order valence-corrected chi connectivity index (χ4v) is 0.230. The molecule has 0 spiro atoms. The molecule has 0 saturated carbocycles. The maximum atomic E-state index is 10.2. The quantitative estimate of drug-likeness (QED) is 0.280. The number of hydrogen-bond donors (Lipinski definition) is 2. The molecule has 3 nitrogen and oxygen atoms in total. The summed E-state index contributed by atoms with van der Waals surface area (Å²) in [5, 5.41) is 13.0. The molecule has 0 heterocycles. The smallest absolute Gasteiger partial charge is 0.117 e. The molecule has 0 aliphatic heterocycles. The van der Waals surface area contributed by atoms with Crippen molar-refractivity contribution in [2.24, 2.45) is 0 Å². The van der Waals surface area contributed by atoms with E-state index in [0.717, 1.165) is 0 Å². The Morgan fingerprint density at radius 2 is 2.10 bits per heavy atom. The van der Waals surface area contributed by atoms with Gasteiger partial charge in [-0.2, -0.15) is 0 Å². The summed E-state index contributed by atoms with van der Waals surface area (Å²) in [5.74, 6) is -0.296. The number of aliphatic hydroxyl groups excluding tert-OH is 1. The summed E-state index contributed by atoms with van der Waals surface area (Å²) >= 11 is 0. The summed E-state index contributed by atoms with van der Waals surface area (Å²) in [6, 6.07) is 0. The number of allylic oxidation sites excluding steroid dienone is 1. The summed E-state index contributed by atoms with van der Waals surface area (Å²) in [4.78, 5) is 10.2. The van der Waals surface area contributed by atoms with Crippen molar-refractivity contribution in [3.05, 3.63) is 19.3 Å². The molecule has 0 fully saturated rings. The molecule has 0 aromatic carbocycles. The molecule has 0 bridgehead atoms. The van der Waals surface area contributed by atoms with Crippen LogP contribution in [0, 0.1) is 7.43 Å². The molecule has 10 heavy (non-hydrogen) atoms. The van der Waals surface area contributed by atoms with Gasteiger partial charge in [0.25, 0.3) is 0 Å². The van der Waals surface area contributed by atoms with Gasteiger partial charge < -0.3 is 22.7 Å². The molecule has 67 valence electrons. The molecular weight excluding hydrogens is 380 g/mol. The first-order valence-electron chi connectivity index (χ1n) is 2.04. The first-order chi connectivity index (χ1) is 3.72. The zero-order valence-corrected chi connectivity index (χ0v) is 7.92. The van der Waals surface area contributed by atoms with E-state index >= 15 is 0 Å². The minimum absolute atomic E-state index is 0. The minimum Gasteiger partial charge on any atom is -0.572 e. The van der Waals surface area contributed by atoms with Crippen LogP contribution in [0.3, 0.4) is 0 Å². The van der Waals surface area contributed by atoms with Crippen LogP contribution < -0.4 is 5.41 Å². The Balaban J connectivity index is -0.000000245. The van der Waals surface area contributed by atoms with Crippen LogP contribution >= 0.6 is 0 Å². The van der Waals surface area contributed by atoms with E-state index in [1.807, 2.05) is 6.21 Å². The minimum atomic E-state index is -0.296. The monoisotopic (exact) mass is 390 g/mol. The van der Waals surface area contributed by atoms with Gasteiger partial charge in [0.15, 0.2) is 0 Å². The molecule has 0 amide bonds. The topological polar surface area (TPSA) is 62.9 Å². The van der Waals surface area contributed by atoms with Crippen LogP contribution in [-0.2, 0) is 4.79 Å². The number of aliphatic hydroxyl groups is 1. The van der Waals surface area contributed by atoms with Crippen molar-refractivity contribution >= 4 is 12.0 Å². The zero-order valence-electron chi connectivity index (χ0n) is 5.77. The molecule has 0 atom stereocenters. The van der Waals surface area contributed by atoms with Gasteiger partial charge in [0.1, 0.15) is 6.21 Å². The second-order valence-electron chi connectivity index (χ2n) is 1.24. The standard InChI is InChI=1S/C5H7NO2.CH3.Lr/c1-4(8)5(2-6)3-7;;/h3,7H,6H2,1H3;1H3;/q;-1;/b5-3+;;. The Kier molecular flexibility index (Phi) is 10.8. The predicted molar refractivity (Wildman–Crippen MR) is 34.7 cm³/mol. The third-order valence-electron chi connectivity index (χ3n) is 0.664. The molecule has 0 aromatic rings. The van der Waals surface area contributed by atoms with Crippen LogP contribution in [0.2, 0.25) is 0 Å². The molecule has 0 rings (SSSR count). The third kappa shape index (κ3) is 4.05. The average molecular weight is 390 g/mol. The van der Waals surface area contributed by atoms with Crippen molar-refractivity contribution in [1.82, 2.24) is 0 Å². The molecule has 0 aliphatic carbocycles. The van der Waals surface area contributed by atoms with E-state index in [4.69, 9.17) is 10.5 Å². The van der Waals surface area contributed by atoms with Crippen molar-refractivity contribution in [2.75, 3.05) is 0 Å². The number of ketones is 1.